The lowest BCUT2D eigenvalue weighted by molar-refractivity contribution is -0.141. The fourth-order valence-electron chi connectivity index (χ4n) is 0.608. The SMILES string of the molecule is C=CC(=O)OC(C)CSC(C)C. The molecule has 0 saturated carbocycles. The van der Waals surface area contributed by atoms with E-state index in [9.17, 15) is 4.79 Å². The highest BCUT2D eigenvalue weighted by molar-refractivity contribution is 7.99. The third kappa shape index (κ3) is 6.28. The summed E-state index contributed by atoms with van der Waals surface area (Å²) in [6, 6.07) is 0. The van der Waals surface area contributed by atoms with Crippen molar-refractivity contribution in [3.05, 3.63) is 12.7 Å². The molecular formula is C9H16O2S. The molecule has 2 nitrogen and oxygen atoms in total. The highest BCUT2D eigenvalue weighted by atomic mass is 32.2. The summed E-state index contributed by atoms with van der Waals surface area (Å²) in [6.07, 6.45) is 1.17. The van der Waals surface area contributed by atoms with Crippen molar-refractivity contribution < 1.29 is 9.53 Å². The smallest absolute Gasteiger partial charge is 0.330 e. The third-order valence-corrected chi connectivity index (χ3v) is 2.48. The second-order valence-electron chi connectivity index (χ2n) is 2.83. The number of carbonyl (C=O) groups is 1. The van der Waals surface area contributed by atoms with Crippen molar-refractivity contribution in [2.75, 3.05) is 5.75 Å². The molecule has 0 fully saturated rings. The zero-order valence-corrected chi connectivity index (χ0v) is 8.69. The minimum Gasteiger partial charge on any atom is -0.459 e. The molecule has 0 aromatic carbocycles. The first kappa shape index (κ1) is 11.6. The lowest BCUT2D eigenvalue weighted by Gasteiger charge is -2.12. The van der Waals surface area contributed by atoms with E-state index >= 15 is 0 Å². The summed E-state index contributed by atoms with van der Waals surface area (Å²) in [5.74, 6) is 0.504. The summed E-state index contributed by atoms with van der Waals surface area (Å²) in [5, 5.41) is 0.579. The van der Waals surface area contributed by atoms with Crippen LogP contribution in [0.1, 0.15) is 20.8 Å². The maximum absolute atomic E-state index is 10.7. The Morgan fingerprint density at radius 1 is 1.58 bits per heavy atom. The van der Waals surface area contributed by atoms with Gasteiger partial charge in [0.05, 0.1) is 0 Å². The fourth-order valence-corrected chi connectivity index (χ4v) is 1.33. The van der Waals surface area contributed by atoms with E-state index in [1.807, 2.05) is 6.92 Å². The molecule has 0 aliphatic carbocycles. The van der Waals surface area contributed by atoms with Gasteiger partial charge < -0.3 is 4.74 Å². The van der Waals surface area contributed by atoms with Crippen molar-refractivity contribution in [2.45, 2.75) is 32.1 Å². The molecule has 70 valence electrons. The van der Waals surface area contributed by atoms with Gasteiger partial charge in [-0.15, -0.1) is 0 Å². The van der Waals surface area contributed by atoms with Crippen LogP contribution in [0.4, 0.5) is 0 Å². The van der Waals surface area contributed by atoms with Crippen LogP contribution in [0, 0.1) is 0 Å². The van der Waals surface area contributed by atoms with Crippen molar-refractivity contribution in [3.63, 3.8) is 0 Å². The Kier molecular flexibility index (Phi) is 5.89. The molecule has 0 bridgehead atoms. The van der Waals surface area contributed by atoms with Gasteiger partial charge in [0.25, 0.3) is 0 Å². The summed E-state index contributed by atoms with van der Waals surface area (Å²) in [4.78, 5) is 10.7. The van der Waals surface area contributed by atoms with Gasteiger partial charge in [-0.05, 0) is 12.2 Å². The van der Waals surface area contributed by atoms with Crippen molar-refractivity contribution in [2.24, 2.45) is 0 Å². The summed E-state index contributed by atoms with van der Waals surface area (Å²) in [5.41, 5.74) is 0. The maximum atomic E-state index is 10.7. The zero-order chi connectivity index (χ0) is 9.56. The minimum absolute atomic E-state index is 0.0251. The van der Waals surface area contributed by atoms with Crippen LogP contribution in [0.25, 0.3) is 0 Å². The Hall–Kier alpha value is -0.440. The summed E-state index contributed by atoms with van der Waals surface area (Å²) < 4.78 is 4.97. The molecule has 0 spiro atoms. The molecule has 0 aliphatic heterocycles. The number of hydrogen-bond donors (Lipinski definition) is 0. The zero-order valence-electron chi connectivity index (χ0n) is 7.87. The molecule has 0 heterocycles. The van der Waals surface area contributed by atoms with Crippen molar-refractivity contribution in [1.29, 1.82) is 0 Å². The van der Waals surface area contributed by atoms with Gasteiger partial charge in [0.15, 0.2) is 0 Å². The lowest BCUT2D eigenvalue weighted by atomic mass is 10.5. The number of hydrogen-bond acceptors (Lipinski definition) is 3. The topological polar surface area (TPSA) is 26.3 Å². The molecule has 0 rings (SSSR count). The van der Waals surface area contributed by atoms with Crippen LogP contribution >= 0.6 is 11.8 Å². The van der Waals surface area contributed by atoms with E-state index in [-0.39, 0.29) is 12.1 Å². The summed E-state index contributed by atoms with van der Waals surface area (Å²) in [6.45, 7) is 9.45. The third-order valence-electron chi connectivity index (χ3n) is 1.15. The molecule has 0 radical (unpaired) electrons. The van der Waals surface area contributed by atoms with Crippen LogP contribution < -0.4 is 0 Å². The molecule has 3 heteroatoms. The minimum atomic E-state index is -0.341. The Morgan fingerprint density at radius 2 is 2.17 bits per heavy atom. The molecule has 12 heavy (non-hydrogen) atoms. The van der Waals surface area contributed by atoms with Gasteiger partial charge in [-0.1, -0.05) is 20.4 Å². The molecule has 0 N–H and O–H groups in total. The fraction of sp³-hybridized carbons (Fsp3) is 0.667. The van der Waals surface area contributed by atoms with Gasteiger partial charge in [-0.25, -0.2) is 4.79 Å². The molecule has 1 unspecified atom stereocenters. The Labute approximate surface area is 78.4 Å². The predicted octanol–water partition coefficient (Wildman–Crippen LogP) is 2.25. The van der Waals surface area contributed by atoms with E-state index in [0.29, 0.717) is 5.25 Å². The monoisotopic (exact) mass is 188 g/mol. The number of esters is 1. The van der Waals surface area contributed by atoms with Crippen molar-refractivity contribution >= 4 is 17.7 Å². The Morgan fingerprint density at radius 3 is 2.58 bits per heavy atom. The summed E-state index contributed by atoms with van der Waals surface area (Å²) >= 11 is 1.78. The molecule has 0 aromatic heterocycles. The molecule has 0 amide bonds. The van der Waals surface area contributed by atoms with Crippen molar-refractivity contribution in [1.82, 2.24) is 0 Å². The maximum Gasteiger partial charge on any atom is 0.330 e. The number of rotatable bonds is 5. The number of ether oxygens (including phenoxy) is 1. The summed E-state index contributed by atoms with van der Waals surface area (Å²) in [7, 11) is 0. The van der Waals surface area contributed by atoms with Gasteiger partial charge in [0.2, 0.25) is 0 Å². The van der Waals surface area contributed by atoms with Crippen LogP contribution in [0.5, 0.6) is 0 Å². The van der Waals surface area contributed by atoms with Crippen LogP contribution in [0.15, 0.2) is 12.7 Å². The standard InChI is InChI=1S/C9H16O2S/c1-5-9(10)11-8(4)6-12-7(2)3/h5,7-8H,1,6H2,2-4H3. The average molecular weight is 188 g/mol. The van der Waals surface area contributed by atoms with E-state index in [1.165, 1.54) is 6.08 Å². The van der Waals surface area contributed by atoms with Gasteiger partial charge in [0.1, 0.15) is 6.10 Å². The molecule has 0 aromatic rings. The average Bonchev–Trinajstić information content (AvgIpc) is 2.00. The quantitative estimate of drug-likeness (QED) is 0.489. The van der Waals surface area contributed by atoms with E-state index < -0.39 is 0 Å². The molecule has 0 aliphatic rings. The molecular weight excluding hydrogens is 172 g/mol. The van der Waals surface area contributed by atoms with Gasteiger partial charge in [-0.2, -0.15) is 11.8 Å². The molecule has 0 saturated heterocycles. The largest absolute Gasteiger partial charge is 0.459 e. The van der Waals surface area contributed by atoms with Crippen LogP contribution in [0.2, 0.25) is 0 Å². The first-order valence-electron chi connectivity index (χ1n) is 4.01. The van der Waals surface area contributed by atoms with Crippen LogP contribution in [0.3, 0.4) is 0 Å². The second-order valence-corrected chi connectivity index (χ2v) is 4.44. The van der Waals surface area contributed by atoms with Crippen LogP contribution in [-0.4, -0.2) is 23.1 Å². The van der Waals surface area contributed by atoms with E-state index in [0.717, 1.165) is 5.75 Å². The normalized spacial score (nSPS) is 12.7. The van der Waals surface area contributed by atoms with Gasteiger partial charge in [0, 0.05) is 11.8 Å². The number of thioether (sulfide) groups is 1. The Balaban J connectivity index is 3.52. The molecule has 1 atom stereocenters. The second kappa shape index (κ2) is 6.12. The van der Waals surface area contributed by atoms with Crippen molar-refractivity contribution in [3.8, 4) is 0 Å². The first-order chi connectivity index (χ1) is 5.56. The van der Waals surface area contributed by atoms with E-state index in [1.54, 1.807) is 11.8 Å². The van der Waals surface area contributed by atoms with Gasteiger partial charge >= 0.3 is 5.97 Å². The lowest BCUT2D eigenvalue weighted by Crippen LogP contribution is -2.16. The van der Waals surface area contributed by atoms with Crippen LogP contribution in [-0.2, 0) is 9.53 Å². The Bertz CT molecular complexity index is 155. The predicted molar refractivity (Wildman–Crippen MR) is 53.3 cm³/mol. The highest BCUT2D eigenvalue weighted by Gasteiger charge is 2.06. The van der Waals surface area contributed by atoms with Gasteiger partial charge in [-0.3, -0.25) is 0 Å². The number of carbonyl (C=O) groups excluding carboxylic acids is 1. The van der Waals surface area contributed by atoms with E-state index in [4.69, 9.17) is 4.74 Å². The first-order valence-corrected chi connectivity index (χ1v) is 5.05. The van der Waals surface area contributed by atoms with E-state index in [2.05, 4.69) is 20.4 Å². The highest BCUT2D eigenvalue weighted by Crippen LogP contribution is 2.11.